The average Bonchev–Trinajstić information content (AvgIpc) is 2.71. The molecular formula is C18H15F2N5O4. The highest BCUT2D eigenvalue weighted by Gasteiger charge is 2.25. The standard InChI is InChI=1S/C18H15F2N5O4/c1-28-11-4-6-13(15(8-11)29-2)23-17-16(25(26)27)18(22-9-21-17)24-14-7-10(19)3-5-12(14)20/h3-9H,1-2H3,(H2,21,22,23,24). The molecule has 3 rings (SSSR count). The van der Waals surface area contributed by atoms with E-state index in [1.54, 1.807) is 18.2 Å². The Bertz CT molecular complexity index is 1060. The van der Waals surface area contributed by atoms with E-state index in [0.717, 1.165) is 24.5 Å². The number of ether oxygens (including phenoxy) is 2. The van der Waals surface area contributed by atoms with Crippen molar-refractivity contribution in [1.82, 2.24) is 9.97 Å². The third kappa shape index (κ3) is 4.29. The molecule has 29 heavy (non-hydrogen) atoms. The molecular weight excluding hydrogens is 388 g/mol. The van der Waals surface area contributed by atoms with Gasteiger partial charge in [0.2, 0.25) is 11.6 Å². The molecule has 0 aliphatic rings. The fourth-order valence-corrected chi connectivity index (χ4v) is 2.48. The topological polar surface area (TPSA) is 111 Å². The predicted molar refractivity (Wildman–Crippen MR) is 101 cm³/mol. The number of nitrogens with one attached hydrogen (secondary N) is 2. The molecule has 0 aliphatic carbocycles. The lowest BCUT2D eigenvalue weighted by atomic mass is 10.2. The number of benzene rings is 2. The first kappa shape index (κ1) is 19.7. The number of rotatable bonds is 7. The first-order chi connectivity index (χ1) is 13.9. The minimum absolute atomic E-state index is 0.173. The molecule has 0 unspecified atom stereocenters. The molecule has 9 nitrogen and oxygen atoms in total. The smallest absolute Gasteiger partial charge is 0.353 e. The van der Waals surface area contributed by atoms with Gasteiger partial charge in [-0.05, 0) is 24.3 Å². The highest BCUT2D eigenvalue weighted by Crippen LogP contribution is 2.37. The van der Waals surface area contributed by atoms with Crippen molar-refractivity contribution < 1.29 is 23.2 Å². The van der Waals surface area contributed by atoms with Crippen LogP contribution in [0.15, 0.2) is 42.7 Å². The van der Waals surface area contributed by atoms with Gasteiger partial charge in [0.25, 0.3) is 0 Å². The van der Waals surface area contributed by atoms with Crippen LogP contribution in [0, 0.1) is 21.7 Å². The summed E-state index contributed by atoms with van der Waals surface area (Å²) in [6.07, 6.45) is 1.05. The van der Waals surface area contributed by atoms with Crippen LogP contribution in [-0.2, 0) is 0 Å². The average molecular weight is 403 g/mol. The second-order valence-electron chi connectivity index (χ2n) is 5.62. The molecule has 11 heteroatoms. The molecule has 0 atom stereocenters. The van der Waals surface area contributed by atoms with E-state index in [4.69, 9.17) is 9.47 Å². The Labute approximate surface area is 163 Å². The van der Waals surface area contributed by atoms with E-state index in [9.17, 15) is 18.9 Å². The van der Waals surface area contributed by atoms with Gasteiger partial charge in [-0.2, -0.15) is 0 Å². The summed E-state index contributed by atoms with van der Waals surface area (Å²) in [7, 11) is 2.91. The van der Waals surface area contributed by atoms with Gasteiger partial charge in [0.15, 0.2) is 0 Å². The lowest BCUT2D eigenvalue weighted by molar-refractivity contribution is -0.383. The van der Waals surface area contributed by atoms with Crippen LogP contribution in [-0.4, -0.2) is 29.1 Å². The van der Waals surface area contributed by atoms with Gasteiger partial charge in [-0.3, -0.25) is 10.1 Å². The molecule has 0 bridgehead atoms. The lowest BCUT2D eigenvalue weighted by Crippen LogP contribution is -2.07. The van der Waals surface area contributed by atoms with Crippen LogP contribution in [0.5, 0.6) is 11.5 Å². The summed E-state index contributed by atoms with van der Waals surface area (Å²) in [6.45, 7) is 0. The Balaban J connectivity index is 2.02. The zero-order chi connectivity index (χ0) is 21.0. The van der Waals surface area contributed by atoms with E-state index < -0.39 is 22.2 Å². The quantitative estimate of drug-likeness (QED) is 0.447. The van der Waals surface area contributed by atoms with Crippen molar-refractivity contribution in [2.24, 2.45) is 0 Å². The molecule has 1 heterocycles. The van der Waals surface area contributed by atoms with Gasteiger partial charge in [-0.15, -0.1) is 0 Å². The summed E-state index contributed by atoms with van der Waals surface area (Å²) < 4.78 is 37.7. The highest BCUT2D eigenvalue weighted by atomic mass is 19.1. The van der Waals surface area contributed by atoms with Crippen LogP contribution >= 0.6 is 0 Å². The fraction of sp³-hybridized carbons (Fsp3) is 0.111. The Morgan fingerprint density at radius 2 is 1.66 bits per heavy atom. The Morgan fingerprint density at radius 1 is 0.966 bits per heavy atom. The van der Waals surface area contributed by atoms with Gasteiger partial charge < -0.3 is 20.1 Å². The maximum absolute atomic E-state index is 13.9. The van der Waals surface area contributed by atoms with Gasteiger partial charge in [0, 0.05) is 12.1 Å². The van der Waals surface area contributed by atoms with E-state index in [1.807, 2.05) is 0 Å². The van der Waals surface area contributed by atoms with Crippen LogP contribution in [0.3, 0.4) is 0 Å². The van der Waals surface area contributed by atoms with Gasteiger partial charge in [0.05, 0.1) is 30.5 Å². The molecule has 0 fully saturated rings. The van der Waals surface area contributed by atoms with Gasteiger partial charge >= 0.3 is 5.69 Å². The summed E-state index contributed by atoms with van der Waals surface area (Å²) in [6, 6.07) is 7.48. The number of nitrogens with zero attached hydrogens (tertiary/aromatic N) is 3. The fourth-order valence-electron chi connectivity index (χ4n) is 2.48. The summed E-state index contributed by atoms with van der Waals surface area (Å²) in [5, 5.41) is 16.9. The molecule has 0 saturated carbocycles. The van der Waals surface area contributed by atoms with Gasteiger partial charge in [0.1, 0.15) is 29.5 Å². The molecule has 1 aromatic heterocycles. The van der Waals surface area contributed by atoms with Crippen LogP contribution in [0.4, 0.5) is 37.5 Å². The normalized spacial score (nSPS) is 10.3. The van der Waals surface area contributed by atoms with Crippen LogP contribution in [0.2, 0.25) is 0 Å². The van der Waals surface area contributed by atoms with E-state index >= 15 is 0 Å². The lowest BCUT2D eigenvalue weighted by Gasteiger charge is -2.13. The Morgan fingerprint density at radius 3 is 2.28 bits per heavy atom. The molecule has 150 valence electrons. The zero-order valence-corrected chi connectivity index (χ0v) is 15.3. The molecule has 0 spiro atoms. The van der Waals surface area contributed by atoms with Crippen LogP contribution in [0.25, 0.3) is 0 Å². The zero-order valence-electron chi connectivity index (χ0n) is 15.3. The van der Waals surface area contributed by atoms with Crippen molar-refractivity contribution in [3.63, 3.8) is 0 Å². The minimum atomic E-state index is -0.800. The molecule has 0 amide bonds. The second kappa shape index (κ2) is 8.33. The van der Waals surface area contributed by atoms with Crippen LogP contribution in [0.1, 0.15) is 0 Å². The summed E-state index contributed by atoms with van der Waals surface area (Å²) in [5.41, 5.74) is -0.494. The molecule has 2 N–H and O–H groups in total. The first-order valence-corrected chi connectivity index (χ1v) is 8.13. The van der Waals surface area contributed by atoms with Crippen molar-refractivity contribution in [3.8, 4) is 11.5 Å². The number of hydrogen-bond donors (Lipinski definition) is 2. The molecule has 0 saturated heterocycles. The summed E-state index contributed by atoms with van der Waals surface area (Å²) in [5.74, 6) is -1.13. The van der Waals surface area contributed by atoms with Crippen molar-refractivity contribution in [1.29, 1.82) is 0 Å². The summed E-state index contributed by atoms with van der Waals surface area (Å²) >= 11 is 0. The van der Waals surface area contributed by atoms with Crippen molar-refractivity contribution in [2.75, 3.05) is 24.9 Å². The maximum atomic E-state index is 13.9. The predicted octanol–water partition coefficient (Wildman–Crippen LogP) is 4.17. The van der Waals surface area contributed by atoms with Crippen LogP contribution < -0.4 is 20.1 Å². The minimum Gasteiger partial charge on any atom is -0.497 e. The third-order valence-electron chi connectivity index (χ3n) is 3.85. The van der Waals surface area contributed by atoms with Gasteiger partial charge in [-0.1, -0.05) is 0 Å². The number of hydrogen-bond acceptors (Lipinski definition) is 8. The first-order valence-electron chi connectivity index (χ1n) is 8.13. The molecule has 3 aromatic rings. The van der Waals surface area contributed by atoms with E-state index in [2.05, 4.69) is 20.6 Å². The maximum Gasteiger partial charge on any atom is 0.353 e. The summed E-state index contributed by atoms with van der Waals surface area (Å²) in [4.78, 5) is 18.6. The number of methoxy groups -OCH3 is 2. The van der Waals surface area contributed by atoms with Gasteiger partial charge in [-0.25, -0.2) is 18.7 Å². The second-order valence-corrected chi connectivity index (χ2v) is 5.62. The number of aromatic nitrogens is 2. The SMILES string of the molecule is COc1ccc(Nc2ncnc(Nc3cc(F)ccc3F)c2[N+](=O)[O-])c(OC)c1. The Hall–Kier alpha value is -4.02. The third-order valence-corrected chi connectivity index (χ3v) is 3.85. The number of anilines is 4. The largest absolute Gasteiger partial charge is 0.497 e. The number of halogens is 2. The Kier molecular flexibility index (Phi) is 5.67. The number of nitro groups is 1. The van der Waals surface area contributed by atoms with E-state index in [-0.39, 0.29) is 17.3 Å². The van der Waals surface area contributed by atoms with Crippen molar-refractivity contribution in [2.45, 2.75) is 0 Å². The molecule has 0 radical (unpaired) electrons. The monoisotopic (exact) mass is 403 g/mol. The van der Waals surface area contributed by atoms with E-state index in [0.29, 0.717) is 17.2 Å². The van der Waals surface area contributed by atoms with Crippen molar-refractivity contribution in [3.05, 3.63) is 64.5 Å². The molecule has 2 aromatic carbocycles. The van der Waals surface area contributed by atoms with E-state index in [1.165, 1.54) is 14.2 Å². The van der Waals surface area contributed by atoms with Crippen molar-refractivity contribution >= 4 is 28.7 Å². The molecule has 0 aliphatic heterocycles. The highest BCUT2D eigenvalue weighted by molar-refractivity contribution is 5.78.